The first-order valence-electron chi connectivity index (χ1n) is 11.9. The Labute approximate surface area is 197 Å². The van der Waals surface area contributed by atoms with E-state index in [1.165, 1.54) is 50.1 Å². The first-order valence-corrected chi connectivity index (χ1v) is 11.9. The smallest absolute Gasteiger partial charge is 0.0531 e. The molecule has 2 aromatic heterocycles. The molecular formula is C31H34N2. The average molecular weight is 435 g/mol. The van der Waals surface area contributed by atoms with Gasteiger partial charge in [-0.05, 0) is 55.0 Å². The summed E-state index contributed by atoms with van der Waals surface area (Å²) in [6, 6.07) is 29.0. The molecule has 0 spiro atoms. The molecule has 0 bridgehead atoms. The molecule has 0 aliphatic heterocycles. The highest BCUT2D eigenvalue weighted by Crippen LogP contribution is 2.36. The largest absolute Gasteiger partial charge is 0.313 e. The third-order valence-electron chi connectivity index (χ3n) is 6.64. The summed E-state index contributed by atoms with van der Waals surface area (Å²) >= 11 is 0. The lowest BCUT2D eigenvalue weighted by Crippen LogP contribution is -2.18. The quantitative estimate of drug-likeness (QED) is 0.264. The van der Waals surface area contributed by atoms with Crippen LogP contribution in [0.5, 0.6) is 0 Å². The van der Waals surface area contributed by atoms with Gasteiger partial charge in [-0.15, -0.1) is 0 Å². The monoisotopic (exact) mass is 434 g/mol. The molecule has 0 N–H and O–H groups in total. The van der Waals surface area contributed by atoms with E-state index in [0.29, 0.717) is 0 Å². The molecule has 0 unspecified atom stereocenters. The van der Waals surface area contributed by atoms with Gasteiger partial charge in [0.2, 0.25) is 0 Å². The van der Waals surface area contributed by atoms with Gasteiger partial charge in [-0.3, -0.25) is 0 Å². The number of fused-ring (bicyclic) bond motifs is 2. The number of nitrogens with zero attached hydrogens (tertiary/aromatic N) is 2. The van der Waals surface area contributed by atoms with Crippen LogP contribution >= 0.6 is 0 Å². The lowest BCUT2D eigenvalue weighted by Gasteiger charge is -2.25. The molecule has 0 fully saturated rings. The van der Waals surface area contributed by atoms with Crippen LogP contribution in [-0.2, 0) is 10.8 Å². The number of benzene rings is 3. The van der Waals surface area contributed by atoms with Crippen molar-refractivity contribution in [1.82, 2.24) is 9.13 Å². The SMILES string of the molecule is Cc1cc(-n2c(C(C)(C)C)cc3ccccc32)ccc1-n1c(C(C)(C)C)cc2ccccc21. The molecule has 0 saturated heterocycles. The van der Waals surface area contributed by atoms with E-state index in [-0.39, 0.29) is 10.8 Å². The third-order valence-corrected chi connectivity index (χ3v) is 6.64. The second kappa shape index (κ2) is 7.38. The Morgan fingerprint density at radius 2 is 1.03 bits per heavy atom. The molecule has 5 aromatic rings. The number of aromatic nitrogens is 2. The number of hydrogen-bond acceptors (Lipinski definition) is 0. The maximum absolute atomic E-state index is 2.45. The zero-order chi connectivity index (χ0) is 23.5. The molecule has 0 atom stereocenters. The molecule has 5 rings (SSSR count). The Morgan fingerprint density at radius 1 is 0.545 bits per heavy atom. The van der Waals surface area contributed by atoms with Crippen LogP contribution in [0.4, 0.5) is 0 Å². The van der Waals surface area contributed by atoms with Crippen molar-refractivity contribution in [2.24, 2.45) is 0 Å². The van der Waals surface area contributed by atoms with Crippen LogP contribution < -0.4 is 0 Å². The normalized spacial score (nSPS) is 12.7. The first kappa shape index (κ1) is 21.6. The molecular weight excluding hydrogens is 400 g/mol. The fourth-order valence-electron chi connectivity index (χ4n) is 4.98. The molecule has 0 aliphatic carbocycles. The van der Waals surface area contributed by atoms with Crippen LogP contribution in [0, 0.1) is 6.92 Å². The second-order valence-electron chi connectivity index (χ2n) is 11.3. The molecule has 2 heterocycles. The van der Waals surface area contributed by atoms with Crippen molar-refractivity contribution in [1.29, 1.82) is 0 Å². The van der Waals surface area contributed by atoms with Crippen LogP contribution in [0.15, 0.2) is 78.9 Å². The topological polar surface area (TPSA) is 9.86 Å². The number of aryl methyl sites for hydroxylation is 1. The lowest BCUT2D eigenvalue weighted by molar-refractivity contribution is 0.558. The van der Waals surface area contributed by atoms with Crippen LogP contribution in [0.25, 0.3) is 33.2 Å². The van der Waals surface area contributed by atoms with Crippen molar-refractivity contribution in [3.05, 3.63) is 95.8 Å². The summed E-state index contributed by atoms with van der Waals surface area (Å²) in [5.74, 6) is 0. The number of rotatable bonds is 2. The molecule has 0 amide bonds. The van der Waals surface area contributed by atoms with E-state index < -0.39 is 0 Å². The van der Waals surface area contributed by atoms with Crippen LogP contribution in [0.3, 0.4) is 0 Å². The first-order chi connectivity index (χ1) is 15.6. The zero-order valence-corrected chi connectivity index (χ0v) is 20.9. The van der Waals surface area contributed by atoms with E-state index in [9.17, 15) is 0 Å². The predicted octanol–water partition coefficient (Wildman–Crippen LogP) is 8.48. The fourth-order valence-corrected chi connectivity index (χ4v) is 4.98. The van der Waals surface area contributed by atoms with Crippen LogP contribution in [-0.4, -0.2) is 9.13 Å². The van der Waals surface area contributed by atoms with Crippen molar-refractivity contribution in [2.75, 3.05) is 0 Å². The summed E-state index contributed by atoms with van der Waals surface area (Å²) in [4.78, 5) is 0. The van der Waals surface area contributed by atoms with Crippen molar-refractivity contribution in [2.45, 2.75) is 59.3 Å². The second-order valence-corrected chi connectivity index (χ2v) is 11.3. The number of para-hydroxylation sites is 2. The fraction of sp³-hybridized carbons (Fsp3) is 0.290. The molecule has 0 radical (unpaired) electrons. The summed E-state index contributed by atoms with van der Waals surface area (Å²) in [5, 5.41) is 2.58. The molecule has 0 aliphatic rings. The Balaban J connectivity index is 1.75. The van der Waals surface area contributed by atoms with E-state index in [4.69, 9.17) is 0 Å². The van der Waals surface area contributed by atoms with Gasteiger partial charge in [0.25, 0.3) is 0 Å². The minimum atomic E-state index is 0.0418. The third kappa shape index (κ3) is 3.58. The van der Waals surface area contributed by atoms with Gasteiger partial charge < -0.3 is 9.13 Å². The van der Waals surface area contributed by atoms with Crippen LogP contribution in [0.2, 0.25) is 0 Å². The summed E-state index contributed by atoms with van der Waals surface area (Å²) in [5.41, 5.74) is 9.02. The van der Waals surface area contributed by atoms with Crippen molar-refractivity contribution in [3.8, 4) is 11.4 Å². The van der Waals surface area contributed by atoms with Gasteiger partial charge in [0, 0.05) is 44.4 Å². The highest BCUT2D eigenvalue weighted by atomic mass is 15.0. The van der Waals surface area contributed by atoms with E-state index in [2.05, 4.69) is 136 Å². The highest BCUT2D eigenvalue weighted by Gasteiger charge is 2.24. The van der Waals surface area contributed by atoms with Crippen LogP contribution in [0.1, 0.15) is 58.5 Å². The summed E-state index contributed by atoms with van der Waals surface area (Å²) < 4.78 is 4.89. The van der Waals surface area contributed by atoms with E-state index >= 15 is 0 Å². The van der Waals surface area contributed by atoms with Crippen molar-refractivity contribution < 1.29 is 0 Å². The van der Waals surface area contributed by atoms with Crippen molar-refractivity contribution in [3.63, 3.8) is 0 Å². The summed E-state index contributed by atoms with van der Waals surface area (Å²) in [6.07, 6.45) is 0. The average Bonchev–Trinajstić information content (AvgIpc) is 3.33. The lowest BCUT2D eigenvalue weighted by atomic mass is 9.91. The highest BCUT2D eigenvalue weighted by molar-refractivity contribution is 5.85. The Hall–Kier alpha value is -3.26. The summed E-state index contributed by atoms with van der Waals surface area (Å²) in [7, 11) is 0. The predicted molar refractivity (Wildman–Crippen MR) is 142 cm³/mol. The zero-order valence-electron chi connectivity index (χ0n) is 20.9. The van der Waals surface area contributed by atoms with E-state index in [1.807, 2.05) is 0 Å². The molecule has 0 saturated carbocycles. The molecule has 2 heteroatoms. The van der Waals surface area contributed by atoms with E-state index in [1.54, 1.807) is 0 Å². The van der Waals surface area contributed by atoms with Gasteiger partial charge in [0.05, 0.1) is 11.0 Å². The molecule has 3 aromatic carbocycles. The maximum atomic E-state index is 2.45. The van der Waals surface area contributed by atoms with Gasteiger partial charge in [0.15, 0.2) is 0 Å². The Bertz CT molecular complexity index is 1480. The van der Waals surface area contributed by atoms with Gasteiger partial charge in [0.1, 0.15) is 0 Å². The maximum Gasteiger partial charge on any atom is 0.0531 e. The van der Waals surface area contributed by atoms with Gasteiger partial charge >= 0.3 is 0 Å². The standard InChI is InChI=1S/C31H34N2/c1-21-18-24(32-26-14-10-8-12-22(26)19-28(32)30(2,3)4)16-17-25(21)33-27-15-11-9-13-23(27)20-29(33)31(5,6)7/h8-20H,1-7H3. The molecule has 168 valence electrons. The summed E-state index contributed by atoms with van der Waals surface area (Å²) in [6.45, 7) is 16.0. The van der Waals surface area contributed by atoms with Gasteiger partial charge in [-0.25, -0.2) is 0 Å². The number of hydrogen-bond donors (Lipinski definition) is 0. The van der Waals surface area contributed by atoms with Gasteiger partial charge in [-0.2, -0.15) is 0 Å². The minimum Gasteiger partial charge on any atom is -0.313 e. The molecule has 33 heavy (non-hydrogen) atoms. The van der Waals surface area contributed by atoms with Gasteiger partial charge in [-0.1, -0.05) is 77.9 Å². The van der Waals surface area contributed by atoms with Crippen molar-refractivity contribution >= 4 is 21.8 Å². The van der Waals surface area contributed by atoms with E-state index in [0.717, 1.165) is 0 Å². The Morgan fingerprint density at radius 3 is 1.55 bits per heavy atom. The molecule has 2 nitrogen and oxygen atoms in total. The Kier molecular flexibility index (Phi) is 4.83. The minimum absolute atomic E-state index is 0.0418.